The van der Waals surface area contributed by atoms with E-state index in [4.69, 9.17) is 16.8 Å². The summed E-state index contributed by atoms with van der Waals surface area (Å²) in [5.41, 5.74) is 3.91. The van der Waals surface area contributed by atoms with Crippen LogP contribution in [0.5, 0.6) is 0 Å². The largest absolute Gasteiger partial charge is 0.411 e. The number of rotatable bonds is 7. The molecule has 1 N–H and O–H groups in total. The zero-order valence-corrected chi connectivity index (χ0v) is 13.3. The van der Waals surface area contributed by atoms with E-state index in [1.807, 2.05) is 12.1 Å². The van der Waals surface area contributed by atoms with Gasteiger partial charge in [-0.1, -0.05) is 11.2 Å². The predicted molar refractivity (Wildman–Crippen MR) is 87.2 cm³/mol. The molecule has 1 atom stereocenters. The second-order valence-electron chi connectivity index (χ2n) is 5.56. The van der Waals surface area contributed by atoms with Gasteiger partial charge in [0.2, 0.25) is 6.04 Å². The van der Waals surface area contributed by atoms with E-state index in [9.17, 15) is 10.1 Å². The third-order valence-electron chi connectivity index (χ3n) is 3.89. The highest BCUT2D eigenvalue weighted by Crippen LogP contribution is 2.33. The second kappa shape index (κ2) is 7.45. The van der Waals surface area contributed by atoms with Crippen molar-refractivity contribution >= 4 is 23.5 Å². The molecule has 0 saturated carbocycles. The van der Waals surface area contributed by atoms with Crippen LogP contribution in [-0.2, 0) is 12.8 Å². The maximum Gasteiger partial charge on any atom is 0.214 e. The van der Waals surface area contributed by atoms with Crippen molar-refractivity contribution in [3.05, 3.63) is 38.9 Å². The number of oxime groups is 1. The Morgan fingerprint density at radius 2 is 2.36 bits per heavy atom. The van der Waals surface area contributed by atoms with Gasteiger partial charge in [0, 0.05) is 48.5 Å². The fourth-order valence-electron chi connectivity index (χ4n) is 2.90. The number of hydrogen-bond donors (Lipinski definition) is 1. The SMILES string of the molecule is CC(Cc1cc(C=NO)c2c(c1)CCN2CCCCl)[N+](=O)[O-]. The molecule has 1 aromatic carbocycles. The minimum atomic E-state index is -0.634. The van der Waals surface area contributed by atoms with Gasteiger partial charge >= 0.3 is 0 Å². The van der Waals surface area contributed by atoms with E-state index < -0.39 is 6.04 Å². The number of anilines is 1. The van der Waals surface area contributed by atoms with Crippen LogP contribution < -0.4 is 4.90 Å². The summed E-state index contributed by atoms with van der Waals surface area (Å²) in [4.78, 5) is 12.8. The first-order valence-electron chi connectivity index (χ1n) is 7.34. The molecule has 0 radical (unpaired) electrons. The molecule has 2 rings (SSSR count). The number of benzene rings is 1. The van der Waals surface area contributed by atoms with Gasteiger partial charge in [0.15, 0.2) is 0 Å². The van der Waals surface area contributed by atoms with Gasteiger partial charge in [-0.05, 0) is 30.0 Å². The predicted octanol–water partition coefficient (Wildman–Crippen LogP) is 2.69. The van der Waals surface area contributed by atoms with Crippen LogP contribution in [-0.4, -0.2) is 41.4 Å². The fourth-order valence-corrected chi connectivity index (χ4v) is 3.02. The highest BCUT2D eigenvalue weighted by atomic mass is 35.5. The molecule has 22 heavy (non-hydrogen) atoms. The molecule has 0 spiro atoms. The van der Waals surface area contributed by atoms with Gasteiger partial charge in [0.1, 0.15) is 0 Å². The first-order valence-corrected chi connectivity index (χ1v) is 7.88. The maximum atomic E-state index is 10.8. The monoisotopic (exact) mass is 325 g/mol. The smallest absolute Gasteiger partial charge is 0.214 e. The Kier molecular flexibility index (Phi) is 5.60. The number of nitro groups is 1. The molecule has 120 valence electrons. The van der Waals surface area contributed by atoms with Crippen molar-refractivity contribution in [2.75, 3.05) is 23.9 Å². The molecule has 1 aliphatic rings. The lowest BCUT2D eigenvalue weighted by atomic mass is 9.99. The minimum absolute atomic E-state index is 0.278. The van der Waals surface area contributed by atoms with Gasteiger partial charge in [-0.25, -0.2) is 0 Å². The average Bonchev–Trinajstić information content (AvgIpc) is 2.88. The van der Waals surface area contributed by atoms with Crippen LogP contribution in [0.1, 0.15) is 30.0 Å². The molecular weight excluding hydrogens is 306 g/mol. The van der Waals surface area contributed by atoms with E-state index in [2.05, 4.69) is 10.1 Å². The summed E-state index contributed by atoms with van der Waals surface area (Å²) in [5.74, 6) is 0.605. The van der Waals surface area contributed by atoms with Gasteiger partial charge in [0.05, 0.1) is 6.21 Å². The normalized spacial score (nSPS) is 15.3. The summed E-state index contributed by atoms with van der Waals surface area (Å²) in [6, 6.07) is 3.27. The molecule has 0 aromatic heterocycles. The molecule has 1 heterocycles. The molecule has 0 fully saturated rings. The maximum absolute atomic E-state index is 10.8. The summed E-state index contributed by atoms with van der Waals surface area (Å²) < 4.78 is 0. The summed E-state index contributed by atoms with van der Waals surface area (Å²) in [7, 11) is 0. The lowest BCUT2D eigenvalue weighted by molar-refractivity contribution is -0.517. The molecule has 7 heteroatoms. The van der Waals surface area contributed by atoms with Crippen molar-refractivity contribution in [2.24, 2.45) is 5.16 Å². The fraction of sp³-hybridized carbons (Fsp3) is 0.533. The quantitative estimate of drug-likeness (QED) is 0.275. The van der Waals surface area contributed by atoms with E-state index in [-0.39, 0.29) is 4.92 Å². The van der Waals surface area contributed by atoms with Gasteiger partial charge in [-0.2, -0.15) is 0 Å². The van der Waals surface area contributed by atoms with E-state index in [0.29, 0.717) is 12.3 Å². The van der Waals surface area contributed by atoms with E-state index in [1.54, 1.807) is 6.92 Å². The molecule has 1 aromatic rings. The number of nitrogens with zero attached hydrogens (tertiary/aromatic N) is 3. The van der Waals surface area contributed by atoms with Crippen molar-refractivity contribution in [1.29, 1.82) is 0 Å². The van der Waals surface area contributed by atoms with E-state index >= 15 is 0 Å². The molecular formula is C15H20ClN3O3. The summed E-state index contributed by atoms with van der Waals surface area (Å²) in [6.45, 7) is 3.35. The lowest BCUT2D eigenvalue weighted by Gasteiger charge is -2.21. The molecule has 6 nitrogen and oxygen atoms in total. The Balaban J connectivity index is 2.32. The average molecular weight is 326 g/mol. The highest BCUT2D eigenvalue weighted by molar-refractivity contribution is 6.17. The van der Waals surface area contributed by atoms with Crippen LogP contribution in [0.4, 0.5) is 5.69 Å². The third kappa shape index (κ3) is 3.68. The van der Waals surface area contributed by atoms with Crippen LogP contribution >= 0.6 is 11.6 Å². The first-order chi connectivity index (χ1) is 10.6. The zero-order chi connectivity index (χ0) is 16.1. The summed E-state index contributed by atoms with van der Waals surface area (Å²) in [6.07, 6.45) is 3.55. The van der Waals surface area contributed by atoms with Crippen molar-refractivity contribution in [3.63, 3.8) is 0 Å². The van der Waals surface area contributed by atoms with Crippen LogP contribution in [0.3, 0.4) is 0 Å². The van der Waals surface area contributed by atoms with Gasteiger partial charge in [-0.15, -0.1) is 11.6 Å². The Morgan fingerprint density at radius 3 is 3.00 bits per heavy atom. The van der Waals surface area contributed by atoms with Crippen LogP contribution in [0.15, 0.2) is 17.3 Å². The molecule has 1 aliphatic heterocycles. The number of fused-ring (bicyclic) bond motifs is 1. The Labute approximate surface area is 134 Å². The minimum Gasteiger partial charge on any atom is -0.411 e. The number of hydrogen-bond acceptors (Lipinski definition) is 5. The van der Waals surface area contributed by atoms with Gasteiger partial charge in [0.25, 0.3) is 0 Å². The van der Waals surface area contributed by atoms with Gasteiger partial charge in [-0.3, -0.25) is 10.1 Å². The number of halogens is 1. The standard InChI is InChI=1S/C15H20ClN3O3/c1-11(19(21)22)7-12-8-13-3-6-18(5-2-4-16)15(13)14(9-12)10-17-20/h8-11,20H,2-7H2,1H3. The third-order valence-corrected chi connectivity index (χ3v) is 4.16. The summed E-state index contributed by atoms with van der Waals surface area (Å²) in [5, 5.41) is 22.9. The topological polar surface area (TPSA) is 79.0 Å². The number of alkyl halides is 1. The highest BCUT2D eigenvalue weighted by Gasteiger charge is 2.24. The van der Waals surface area contributed by atoms with E-state index in [1.165, 1.54) is 6.21 Å². The van der Waals surface area contributed by atoms with Crippen LogP contribution in [0.2, 0.25) is 0 Å². The molecule has 0 bridgehead atoms. The Morgan fingerprint density at radius 1 is 1.59 bits per heavy atom. The lowest BCUT2D eigenvalue weighted by Crippen LogP contribution is -2.23. The second-order valence-corrected chi connectivity index (χ2v) is 5.93. The van der Waals surface area contributed by atoms with Crippen molar-refractivity contribution in [3.8, 4) is 0 Å². The Bertz CT molecular complexity index is 577. The molecule has 0 aliphatic carbocycles. The van der Waals surface area contributed by atoms with Crippen molar-refractivity contribution in [1.82, 2.24) is 0 Å². The Hall–Kier alpha value is -1.82. The molecule has 0 saturated heterocycles. The van der Waals surface area contributed by atoms with Gasteiger partial charge < -0.3 is 10.1 Å². The van der Waals surface area contributed by atoms with E-state index in [0.717, 1.165) is 48.3 Å². The summed E-state index contributed by atoms with van der Waals surface area (Å²) >= 11 is 5.76. The van der Waals surface area contributed by atoms with Crippen LogP contribution in [0, 0.1) is 10.1 Å². The first kappa shape index (κ1) is 16.5. The molecule has 0 amide bonds. The molecule has 1 unspecified atom stereocenters. The van der Waals surface area contributed by atoms with Crippen LogP contribution in [0.25, 0.3) is 0 Å². The van der Waals surface area contributed by atoms with Crippen molar-refractivity contribution in [2.45, 2.75) is 32.2 Å². The zero-order valence-electron chi connectivity index (χ0n) is 12.5. The van der Waals surface area contributed by atoms with Crippen molar-refractivity contribution < 1.29 is 10.1 Å².